The van der Waals surface area contributed by atoms with E-state index < -0.39 is 10.0 Å². The van der Waals surface area contributed by atoms with E-state index in [2.05, 4.69) is 6.92 Å². The van der Waals surface area contributed by atoms with E-state index in [1.165, 1.54) is 10.4 Å². The zero-order valence-electron chi connectivity index (χ0n) is 17.0. The summed E-state index contributed by atoms with van der Waals surface area (Å²) in [6.07, 6.45) is 1.83. The van der Waals surface area contributed by atoms with Gasteiger partial charge in [0.25, 0.3) is 5.91 Å². The Morgan fingerprint density at radius 1 is 1.10 bits per heavy atom. The predicted octanol–water partition coefficient (Wildman–Crippen LogP) is 3.46. The van der Waals surface area contributed by atoms with E-state index >= 15 is 0 Å². The lowest BCUT2D eigenvalue weighted by Crippen LogP contribution is -2.40. The van der Waals surface area contributed by atoms with Crippen LogP contribution in [0.2, 0.25) is 0 Å². The molecule has 0 N–H and O–H groups in total. The third kappa shape index (κ3) is 4.86. The summed E-state index contributed by atoms with van der Waals surface area (Å²) in [5.74, 6) is -0.179. The van der Waals surface area contributed by atoms with Gasteiger partial charge in [-0.2, -0.15) is 4.31 Å². The van der Waals surface area contributed by atoms with Gasteiger partial charge in [0.2, 0.25) is 10.0 Å². The number of unbranched alkanes of at least 4 members (excludes halogenated alkanes) is 1. The van der Waals surface area contributed by atoms with E-state index in [-0.39, 0.29) is 10.8 Å². The standard InChI is InChI=1S/C22H28N2O4S/c1-3-4-12-24(19-8-6-5-7-9-19)22(25)21-17-20(11-10-18(21)2)29(26,27)23-13-15-28-16-14-23/h5-11,17H,3-4,12-16H2,1-2H3. The first-order valence-electron chi connectivity index (χ1n) is 10.0. The second-order valence-corrected chi connectivity index (χ2v) is 9.08. The number of rotatable bonds is 7. The normalized spacial score (nSPS) is 15.2. The van der Waals surface area contributed by atoms with Gasteiger partial charge in [-0.05, 0) is 43.2 Å². The van der Waals surface area contributed by atoms with Gasteiger partial charge in [0.05, 0.1) is 18.1 Å². The Hall–Kier alpha value is -2.22. The minimum absolute atomic E-state index is 0.150. The number of ether oxygens (including phenoxy) is 1. The average molecular weight is 417 g/mol. The molecule has 0 bridgehead atoms. The average Bonchev–Trinajstić information content (AvgIpc) is 2.75. The fourth-order valence-corrected chi connectivity index (χ4v) is 4.78. The molecule has 1 aliphatic heterocycles. The summed E-state index contributed by atoms with van der Waals surface area (Å²) in [6, 6.07) is 14.3. The lowest BCUT2D eigenvalue weighted by molar-refractivity contribution is 0.0730. The van der Waals surface area contributed by atoms with Crippen molar-refractivity contribution in [2.24, 2.45) is 0 Å². The Bertz CT molecular complexity index is 939. The number of aryl methyl sites for hydroxylation is 1. The number of para-hydroxylation sites is 1. The Balaban J connectivity index is 1.96. The lowest BCUT2D eigenvalue weighted by atomic mass is 10.1. The smallest absolute Gasteiger partial charge is 0.258 e. The molecule has 6 nitrogen and oxygen atoms in total. The highest BCUT2D eigenvalue weighted by molar-refractivity contribution is 7.89. The van der Waals surface area contributed by atoms with Crippen molar-refractivity contribution in [3.63, 3.8) is 0 Å². The van der Waals surface area contributed by atoms with E-state index in [0.29, 0.717) is 38.4 Å². The zero-order valence-corrected chi connectivity index (χ0v) is 17.8. The molecule has 2 aromatic rings. The van der Waals surface area contributed by atoms with Crippen LogP contribution < -0.4 is 4.90 Å². The molecular weight excluding hydrogens is 388 g/mol. The van der Waals surface area contributed by atoms with E-state index in [9.17, 15) is 13.2 Å². The Morgan fingerprint density at radius 2 is 1.79 bits per heavy atom. The van der Waals surface area contributed by atoms with Gasteiger partial charge in [0.1, 0.15) is 0 Å². The molecule has 0 spiro atoms. The summed E-state index contributed by atoms with van der Waals surface area (Å²) in [5.41, 5.74) is 1.99. The minimum Gasteiger partial charge on any atom is -0.379 e. The third-order valence-corrected chi connectivity index (χ3v) is 6.99. The Labute approximate surface area is 173 Å². The zero-order chi connectivity index (χ0) is 20.9. The van der Waals surface area contributed by atoms with Crippen LogP contribution in [-0.4, -0.2) is 51.5 Å². The number of amides is 1. The first-order valence-corrected chi connectivity index (χ1v) is 11.4. The highest BCUT2D eigenvalue weighted by Crippen LogP contribution is 2.24. The number of anilines is 1. The van der Waals surface area contributed by atoms with Crippen LogP contribution in [0.5, 0.6) is 0 Å². The molecule has 1 aliphatic rings. The predicted molar refractivity (Wildman–Crippen MR) is 114 cm³/mol. The Kier molecular flexibility index (Phi) is 7.05. The molecule has 0 saturated carbocycles. The fourth-order valence-electron chi connectivity index (χ4n) is 3.35. The van der Waals surface area contributed by atoms with Crippen LogP contribution >= 0.6 is 0 Å². The molecule has 1 fully saturated rings. The molecule has 29 heavy (non-hydrogen) atoms. The molecular formula is C22H28N2O4S. The second-order valence-electron chi connectivity index (χ2n) is 7.14. The van der Waals surface area contributed by atoms with Gasteiger partial charge in [-0.3, -0.25) is 4.79 Å². The molecule has 0 radical (unpaired) electrons. The van der Waals surface area contributed by atoms with E-state index in [4.69, 9.17) is 4.74 Å². The number of carbonyl (C=O) groups excluding carboxylic acids is 1. The summed E-state index contributed by atoms with van der Waals surface area (Å²) in [4.78, 5) is 15.3. The van der Waals surface area contributed by atoms with Gasteiger partial charge < -0.3 is 9.64 Å². The number of nitrogens with zero attached hydrogens (tertiary/aromatic N) is 2. The van der Waals surface area contributed by atoms with Crippen LogP contribution in [0.15, 0.2) is 53.4 Å². The van der Waals surface area contributed by atoms with Crippen LogP contribution in [0, 0.1) is 6.92 Å². The Morgan fingerprint density at radius 3 is 2.45 bits per heavy atom. The first kappa shape index (κ1) is 21.5. The summed E-state index contributed by atoms with van der Waals surface area (Å²) in [5, 5.41) is 0. The third-order valence-electron chi connectivity index (χ3n) is 5.10. The van der Waals surface area contributed by atoms with Gasteiger partial charge in [-0.1, -0.05) is 37.6 Å². The van der Waals surface area contributed by atoms with Crippen molar-refractivity contribution in [2.45, 2.75) is 31.6 Å². The molecule has 2 aromatic carbocycles. The number of sulfonamides is 1. The largest absolute Gasteiger partial charge is 0.379 e. The van der Waals surface area contributed by atoms with Crippen molar-refractivity contribution in [1.29, 1.82) is 0 Å². The molecule has 3 rings (SSSR count). The van der Waals surface area contributed by atoms with Crippen LogP contribution in [0.1, 0.15) is 35.7 Å². The van der Waals surface area contributed by atoms with Crippen molar-refractivity contribution < 1.29 is 17.9 Å². The lowest BCUT2D eigenvalue weighted by Gasteiger charge is -2.27. The molecule has 0 aromatic heterocycles. The number of morpholine rings is 1. The molecule has 1 heterocycles. The van der Waals surface area contributed by atoms with Crippen LogP contribution in [0.25, 0.3) is 0 Å². The van der Waals surface area contributed by atoms with E-state index in [1.807, 2.05) is 37.3 Å². The minimum atomic E-state index is -3.66. The van der Waals surface area contributed by atoms with Crippen molar-refractivity contribution in [3.8, 4) is 0 Å². The van der Waals surface area contributed by atoms with Crippen molar-refractivity contribution in [3.05, 3.63) is 59.7 Å². The van der Waals surface area contributed by atoms with Crippen molar-refractivity contribution in [2.75, 3.05) is 37.7 Å². The second kappa shape index (κ2) is 9.52. The maximum Gasteiger partial charge on any atom is 0.258 e. The highest BCUT2D eigenvalue weighted by atomic mass is 32.2. The summed E-state index contributed by atoms with van der Waals surface area (Å²) < 4.78 is 32.7. The monoisotopic (exact) mass is 416 g/mol. The van der Waals surface area contributed by atoms with Gasteiger partial charge in [0.15, 0.2) is 0 Å². The number of hydrogen-bond donors (Lipinski definition) is 0. The number of benzene rings is 2. The molecule has 1 amide bonds. The van der Waals surface area contributed by atoms with Crippen molar-refractivity contribution >= 4 is 21.6 Å². The van der Waals surface area contributed by atoms with Gasteiger partial charge in [-0.15, -0.1) is 0 Å². The maximum atomic E-state index is 13.4. The topological polar surface area (TPSA) is 66.9 Å². The quantitative estimate of drug-likeness (QED) is 0.693. The maximum absolute atomic E-state index is 13.4. The van der Waals surface area contributed by atoms with Gasteiger partial charge in [-0.25, -0.2) is 8.42 Å². The van der Waals surface area contributed by atoms with Crippen LogP contribution in [0.3, 0.4) is 0 Å². The molecule has 7 heteroatoms. The first-order chi connectivity index (χ1) is 13.9. The summed E-state index contributed by atoms with van der Waals surface area (Å²) >= 11 is 0. The van der Waals surface area contributed by atoms with Gasteiger partial charge in [0, 0.05) is 30.9 Å². The van der Waals surface area contributed by atoms with Crippen molar-refractivity contribution in [1.82, 2.24) is 4.31 Å². The number of hydrogen-bond acceptors (Lipinski definition) is 4. The molecule has 1 saturated heterocycles. The summed E-state index contributed by atoms with van der Waals surface area (Å²) in [6.45, 7) is 5.92. The molecule has 0 atom stereocenters. The molecule has 156 valence electrons. The van der Waals surface area contributed by atoms with E-state index in [0.717, 1.165) is 24.1 Å². The summed E-state index contributed by atoms with van der Waals surface area (Å²) in [7, 11) is -3.66. The fraction of sp³-hybridized carbons (Fsp3) is 0.409. The van der Waals surface area contributed by atoms with Gasteiger partial charge >= 0.3 is 0 Å². The SMILES string of the molecule is CCCCN(C(=O)c1cc(S(=O)(=O)N2CCOCC2)ccc1C)c1ccccc1. The van der Waals surface area contributed by atoms with Crippen LogP contribution in [-0.2, 0) is 14.8 Å². The van der Waals surface area contributed by atoms with Crippen LogP contribution in [0.4, 0.5) is 5.69 Å². The molecule has 0 aliphatic carbocycles. The number of carbonyl (C=O) groups is 1. The highest BCUT2D eigenvalue weighted by Gasteiger charge is 2.28. The van der Waals surface area contributed by atoms with E-state index in [1.54, 1.807) is 17.0 Å². The molecule has 0 unspecified atom stereocenters.